The van der Waals surface area contributed by atoms with Crippen LogP contribution in [0.2, 0.25) is 5.02 Å². The van der Waals surface area contributed by atoms with E-state index in [0.29, 0.717) is 5.02 Å². The maximum atomic E-state index is 11.8. The molecule has 14 heavy (non-hydrogen) atoms. The van der Waals surface area contributed by atoms with Gasteiger partial charge in [-0.2, -0.15) is 0 Å². The molecule has 0 aliphatic heterocycles. The number of benzene rings is 1. The Kier molecular flexibility index (Phi) is 2.36. The number of carbonyl (C=O) groups is 1. The van der Waals surface area contributed by atoms with Crippen LogP contribution in [0.3, 0.4) is 0 Å². The van der Waals surface area contributed by atoms with Gasteiger partial charge in [-0.05, 0) is 43.9 Å². The summed E-state index contributed by atoms with van der Waals surface area (Å²) in [6, 6.07) is 3.80. The molecule has 1 nitrogen and oxygen atoms in total. The number of ketones is 1. The molecule has 1 aliphatic carbocycles. The molecule has 1 saturated carbocycles. The number of carbonyl (C=O) groups excluding carboxylic acids is 1. The summed E-state index contributed by atoms with van der Waals surface area (Å²) in [5.41, 5.74) is 2.89. The third kappa shape index (κ3) is 1.69. The SMILES string of the molecule is Cc1cc(C)c(C(=O)C2CC2)cc1Cl. The predicted octanol–water partition coefficient (Wildman–Crippen LogP) is 3.55. The summed E-state index contributed by atoms with van der Waals surface area (Å²) in [5.74, 6) is 0.539. The zero-order chi connectivity index (χ0) is 10.3. The van der Waals surface area contributed by atoms with Gasteiger partial charge < -0.3 is 0 Å². The number of halogens is 1. The standard InChI is InChI=1S/C12H13ClO/c1-7-5-8(2)11(13)6-10(7)12(14)9-3-4-9/h5-6,9H,3-4H2,1-2H3. The average Bonchev–Trinajstić information content (AvgIpc) is 2.93. The van der Waals surface area contributed by atoms with Crippen LogP contribution in [0.5, 0.6) is 0 Å². The number of hydrogen-bond donors (Lipinski definition) is 0. The highest BCUT2D eigenvalue weighted by Crippen LogP contribution is 2.34. The van der Waals surface area contributed by atoms with Crippen molar-refractivity contribution in [2.45, 2.75) is 26.7 Å². The summed E-state index contributed by atoms with van der Waals surface area (Å²) in [6.45, 7) is 3.93. The summed E-state index contributed by atoms with van der Waals surface area (Å²) in [6.07, 6.45) is 2.09. The highest BCUT2D eigenvalue weighted by molar-refractivity contribution is 6.31. The molecule has 0 heterocycles. The van der Waals surface area contributed by atoms with E-state index in [-0.39, 0.29) is 11.7 Å². The van der Waals surface area contributed by atoms with Crippen LogP contribution in [0.4, 0.5) is 0 Å². The second-order valence-corrected chi connectivity index (χ2v) is 4.46. The largest absolute Gasteiger partial charge is 0.294 e. The van der Waals surface area contributed by atoms with Gasteiger partial charge in [-0.15, -0.1) is 0 Å². The van der Waals surface area contributed by atoms with E-state index in [1.54, 1.807) is 0 Å². The molecule has 0 saturated heterocycles. The van der Waals surface area contributed by atoms with Crippen LogP contribution in [-0.4, -0.2) is 5.78 Å². The van der Waals surface area contributed by atoms with Gasteiger partial charge in [-0.25, -0.2) is 0 Å². The molecule has 0 spiro atoms. The van der Waals surface area contributed by atoms with Crippen molar-refractivity contribution in [2.75, 3.05) is 0 Å². The number of hydrogen-bond acceptors (Lipinski definition) is 1. The first-order valence-electron chi connectivity index (χ1n) is 4.90. The van der Waals surface area contributed by atoms with Crippen molar-refractivity contribution in [1.82, 2.24) is 0 Å². The van der Waals surface area contributed by atoms with Gasteiger partial charge in [-0.1, -0.05) is 17.7 Å². The molecular weight excluding hydrogens is 196 g/mol. The second kappa shape index (κ2) is 3.39. The first kappa shape index (κ1) is 9.72. The normalized spacial score (nSPS) is 15.6. The lowest BCUT2D eigenvalue weighted by molar-refractivity contribution is 0.0967. The van der Waals surface area contributed by atoms with Gasteiger partial charge >= 0.3 is 0 Å². The monoisotopic (exact) mass is 208 g/mol. The molecule has 0 amide bonds. The molecule has 0 atom stereocenters. The molecule has 1 fully saturated rings. The predicted molar refractivity (Wildman–Crippen MR) is 58.0 cm³/mol. The second-order valence-electron chi connectivity index (χ2n) is 4.05. The Morgan fingerprint density at radius 3 is 2.50 bits per heavy atom. The van der Waals surface area contributed by atoms with E-state index in [4.69, 9.17) is 11.6 Å². The first-order valence-corrected chi connectivity index (χ1v) is 5.28. The molecule has 0 N–H and O–H groups in total. The van der Waals surface area contributed by atoms with Crippen LogP contribution in [0.25, 0.3) is 0 Å². The van der Waals surface area contributed by atoms with Crippen molar-refractivity contribution >= 4 is 17.4 Å². The van der Waals surface area contributed by atoms with Crippen molar-refractivity contribution < 1.29 is 4.79 Å². The van der Waals surface area contributed by atoms with Crippen LogP contribution >= 0.6 is 11.6 Å². The maximum absolute atomic E-state index is 11.8. The quantitative estimate of drug-likeness (QED) is 0.680. The van der Waals surface area contributed by atoms with E-state index < -0.39 is 0 Å². The van der Waals surface area contributed by atoms with Crippen molar-refractivity contribution in [3.63, 3.8) is 0 Å². The van der Waals surface area contributed by atoms with Crippen LogP contribution in [0.1, 0.15) is 34.3 Å². The first-order chi connectivity index (χ1) is 6.59. The lowest BCUT2D eigenvalue weighted by atomic mass is 10.00. The fourth-order valence-electron chi connectivity index (χ4n) is 1.66. The molecular formula is C12H13ClO. The number of rotatable bonds is 2. The van der Waals surface area contributed by atoms with E-state index in [9.17, 15) is 4.79 Å². The minimum Gasteiger partial charge on any atom is -0.294 e. The zero-order valence-electron chi connectivity index (χ0n) is 8.43. The molecule has 74 valence electrons. The Morgan fingerprint density at radius 2 is 1.93 bits per heavy atom. The molecule has 0 unspecified atom stereocenters. The van der Waals surface area contributed by atoms with Crippen LogP contribution < -0.4 is 0 Å². The molecule has 0 aromatic heterocycles. The third-order valence-electron chi connectivity index (χ3n) is 2.72. The van der Waals surface area contributed by atoms with E-state index in [2.05, 4.69) is 0 Å². The Morgan fingerprint density at radius 1 is 1.29 bits per heavy atom. The van der Waals surface area contributed by atoms with Gasteiger partial charge in [0.2, 0.25) is 0 Å². The zero-order valence-corrected chi connectivity index (χ0v) is 9.19. The van der Waals surface area contributed by atoms with E-state index in [1.807, 2.05) is 26.0 Å². The molecule has 1 aromatic carbocycles. The smallest absolute Gasteiger partial charge is 0.166 e. The molecule has 0 radical (unpaired) electrons. The van der Waals surface area contributed by atoms with Crippen LogP contribution in [0, 0.1) is 19.8 Å². The molecule has 1 aliphatic rings. The summed E-state index contributed by atoms with van der Waals surface area (Å²) in [5, 5.41) is 0.694. The fraction of sp³-hybridized carbons (Fsp3) is 0.417. The van der Waals surface area contributed by atoms with Gasteiger partial charge in [0.05, 0.1) is 0 Å². The number of Topliss-reactive ketones (excluding diaryl/α,β-unsaturated/α-hetero) is 1. The highest BCUT2D eigenvalue weighted by atomic mass is 35.5. The Labute approximate surface area is 89.1 Å². The molecule has 0 bridgehead atoms. The van der Waals surface area contributed by atoms with Gasteiger partial charge in [0.1, 0.15) is 0 Å². The lowest BCUT2D eigenvalue weighted by Crippen LogP contribution is -2.04. The van der Waals surface area contributed by atoms with Gasteiger partial charge in [0.25, 0.3) is 0 Å². The van der Waals surface area contributed by atoms with Gasteiger partial charge in [0, 0.05) is 16.5 Å². The minimum atomic E-state index is 0.268. The molecule has 2 rings (SSSR count). The third-order valence-corrected chi connectivity index (χ3v) is 3.13. The number of aryl methyl sites for hydroxylation is 2. The lowest BCUT2D eigenvalue weighted by Gasteiger charge is -2.06. The Balaban J connectivity index is 2.41. The maximum Gasteiger partial charge on any atom is 0.166 e. The van der Waals surface area contributed by atoms with Gasteiger partial charge in [0.15, 0.2) is 5.78 Å². The molecule has 2 heteroatoms. The summed E-state index contributed by atoms with van der Waals surface area (Å²) >= 11 is 6.00. The van der Waals surface area contributed by atoms with E-state index in [1.165, 1.54) is 0 Å². The van der Waals surface area contributed by atoms with Crippen molar-refractivity contribution in [3.8, 4) is 0 Å². The fourth-order valence-corrected chi connectivity index (χ4v) is 1.82. The minimum absolute atomic E-state index is 0.268. The summed E-state index contributed by atoms with van der Waals surface area (Å²) in [4.78, 5) is 11.8. The van der Waals surface area contributed by atoms with Crippen molar-refractivity contribution in [2.24, 2.45) is 5.92 Å². The Bertz CT molecular complexity index is 392. The van der Waals surface area contributed by atoms with Crippen LogP contribution in [0.15, 0.2) is 12.1 Å². The summed E-state index contributed by atoms with van der Waals surface area (Å²) in [7, 11) is 0. The topological polar surface area (TPSA) is 17.1 Å². The van der Waals surface area contributed by atoms with Crippen molar-refractivity contribution in [3.05, 3.63) is 33.8 Å². The van der Waals surface area contributed by atoms with Crippen molar-refractivity contribution in [1.29, 1.82) is 0 Å². The summed E-state index contributed by atoms with van der Waals surface area (Å²) < 4.78 is 0. The van der Waals surface area contributed by atoms with Crippen LogP contribution in [-0.2, 0) is 0 Å². The highest BCUT2D eigenvalue weighted by Gasteiger charge is 2.31. The Hall–Kier alpha value is -0.820. The average molecular weight is 209 g/mol. The molecule has 1 aromatic rings. The van der Waals surface area contributed by atoms with Gasteiger partial charge in [-0.3, -0.25) is 4.79 Å². The van der Waals surface area contributed by atoms with E-state index in [0.717, 1.165) is 29.5 Å². The van der Waals surface area contributed by atoms with E-state index >= 15 is 0 Å².